The van der Waals surface area contributed by atoms with Gasteiger partial charge in [0.1, 0.15) is 18.6 Å². The fourth-order valence-corrected chi connectivity index (χ4v) is 1.41. The molecule has 0 N–H and O–H groups in total. The number of carbonyl (C=O) groups excluding carboxylic acids is 1. The van der Waals surface area contributed by atoms with Gasteiger partial charge < -0.3 is 4.74 Å². The Kier molecular flexibility index (Phi) is 4.66. The predicted molar refractivity (Wildman–Crippen MR) is 61.8 cm³/mol. The lowest BCUT2D eigenvalue weighted by atomic mass is 10.3. The van der Waals surface area contributed by atoms with Gasteiger partial charge in [-0.3, -0.25) is 4.79 Å². The van der Waals surface area contributed by atoms with E-state index in [1.54, 1.807) is 25.1 Å². The van der Waals surface area contributed by atoms with Crippen LogP contribution in [0.3, 0.4) is 0 Å². The second-order valence-corrected chi connectivity index (χ2v) is 3.86. The summed E-state index contributed by atoms with van der Waals surface area (Å²) in [5.74, 6) is 0.555. The van der Waals surface area contributed by atoms with Gasteiger partial charge in [-0.1, -0.05) is 23.2 Å². The third kappa shape index (κ3) is 3.94. The maximum atomic E-state index is 10.2. The van der Waals surface area contributed by atoms with Crippen molar-refractivity contribution >= 4 is 29.5 Å². The first-order valence-corrected chi connectivity index (χ1v) is 5.08. The molecule has 0 heterocycles. The maximum absolute atomic E-state index is 10.2. The Morgan fingerprint density at radius 2 is 2.20 bits per heavy atom. The number of halogens is 2. The van der Waals surface area contributed by atoms with Crippen molar-refractivity contribution < 1.29 is 9.53 Å². The van der Waals surface area contributed by atoms with E-state index >= 15 is 0 Å². The monoisotopic (exact) mass is 244 g/mol. The number of rotatable bonds is 4. The molecule has 0 unspecified atom stereocenters. The van der Waals surface area contributed by atoms with E-state index in [0.29, 0.717) is 22.4 Å². The molecule has 0 aliphatic carbocycles. The number of ether oxygens (including phenoxy) is 1. The van der Waals surface area contributed by atoms with Gasteiger partial charge in [-0.05, 0) is 36.8 Å². The topological polar surface area (TPSA) is 26.3 Å². The molecule has 15 heavy (non-hydrogen) atoms. The minimum Gasteiger partial charge on any atom is -0.488 e. The van der Waals surface area contributed by atoms with E-state index < -0.39 is 0 Å². The van der Waals surface area contributed by atoms with Crippen LogP contribution in [0.15, 0.2) is 29.8 Å². The van der Waals surface area contributed by atoms with Crippen molar-refractivity contribution in [2.45, 2.75) is 6.92 Å². The molecule has 1 rings (SSSR count). The highest BCUT2D eigenvalue weighted by atomic mass is 35.5. The van der Waals surface area contributed by atoms with Gasteiger partial charge in [-0.2, -0.15) is 0 Å². The van der Waals surface area contributed by atoms with Gasteiger partial charge in [0.05, 0.1) is 5.02 Å². The first kappa shape index (κ1) is 12.1. The molecule has 0 aliphatic heterocycles. The van der Waals surface area contributed by atoms with Gasteiger partial charge in [0.2, 0.25) is 0 Å². The van der Waals surface area contributed by atoms with Gasteiger partial charge in [-0.15, -0.1) is 0 Å². The number of aldehydes is 1. The number of hydrogen-bond donors (Lipinski definition) is 0. The zero-order chi connectivity index (χ0) is 11.3. The average molecular weight is 245 g/mol. The van der Waals surface area contributed by atoms with Crippen LogP contribution in [0.4, 0.5) is 0 Å². The Morgan fingerprint density at radius 3 is 2.80 bits per heavy atom. The molecule has 0 saturated carbocycles. The summed E-state index contributed by atoms with van der Waals surface area (Å²) in [6.45, 7) is 2.14. The smallest absolute Gasteiger partial charge is 0.142 e. The highest BCUT2D eigenvalue weighted by Gasteiger charge is 2.02. The second kappa shape index (κ2) is 5.79. The summed E-state index contributed by atoms with van der Waals surface area (Å²) < 4.78 is 5.39. The van der Waals surface area contributed by atoms with E-state index in [0.717, 1.165) is 11.9 Å². The van der Waals surface area contributed by atoms with E-state index in [4.69, 9.17) is 27.9 Å². The lowest BCUT2D eigenvalue weighted by Gasteiger charge is -2.07. The van der Waals surface area contributed by atoms with E-state index in [9.17, 15) is 4.79 Å². The van der Waals surface area contributed by atoms with E-state index in [-0.39, 0.29) is 0 Å². The minimum atomic E-state index is 0.333. The molecule has 80 valence electrons. The molecule has 1 aromatic rings. The van der Waals surface area contributed by atoms with E-state index in [1.165, 1.54) is 6.08 Å². The fourth-order valence-electron chi connectivity index (χ4n) is 0.948. The summed E-state index contributed by atoms with van der Waals surface area (Å²) >= 11 is 11.6. The SMILES string of the molecule is C/C(=C\C=O)COc1ccc(Cl)cc1Cl. The van der Waals surface area contributed by atoms with Gasteiger partial charge in [0.15, 0.2) is 0 Å². The quantitative estimate of drug-likeness (QED) is 0.599. The molecule has 0 amide bonds. The highest BCUT2D eigenvalue weighted by molar-refractivity contribution is 6.35. The lowest BCUT2D eigenvalue weighted by molar-refractivity contribution is -0.104. The van der Waals surface area contributed by atoms with Crippen molar-refractivity contribution in [3.8, 4) is 5.75 Å². The van der Waals surface area contributed by atoms with Crippen LogP contribution >= 0.6 is 23.2 Å². The summed E-state index contributed by atoms with van der Waals surface area (Å²) in [6.07, 6.45) is 2.17. The Bertz CT molecular complexity index is 386. The van der Waals surface area contributed by atoms with Gasteiger partial charge in [-0.25, -0.2) is 0 Å². The molecule has 0 aromatic heterocycles. The molecular formula is C11H10Cl2O2. The summed E-state index contributed by atoms with van der Waals surface area (Å²) in [7, 11) is 0. The standard InChI is InChI=1S/C11H10Cl2O2/c1-8(4-5-14)7-15-11-3-2-9(12)6-10(11)13/h2-6H,7H2,1H3/b8-4+. The van der Waals surface area contributed by atoms with Gasteiger partial charge >= 0.3 is 0 Å². The second-order valence-electron chi connectivity index (χ2n) is 3.01. The maximum Gasteiger partial charge on any atom is 0.142 e. The van der Waals surface area contributed by atoms with Crippen molar-refractivity contribution in [2.75, 3.05) is 6.61 Å². The summed E-state index contributed by atoms with van der Waals surface area (Å²) in [4.78, 5) is 10.2. The van der Waals surface area contributed by atoms with Crippen molar-refractivity contribution in [3.05, 3.63) is 39.9 Å². The molecule has 0 aliphatic rings. The third-order valence-electron chi connectivity index (χ3n) is 1.70. The Labute approximate surface area is 98.4 Å². The summed E-state index contributed by atoms with van der Waals surface area (Å²) in [5.41, 5.74) is 0.830. The number of carbonyl (C=O) groups is 1. The lowest BCUT2D eigenvalue weighted by Crippen LogP contribution is -1.99. The molecular weight excluding hydrogens is 235 g/mol. The van der Waals surface area contributed by atoms with Crippen LogP contribution in [0.25, 0.3) is 0 Å². The van der Waals surface area contributed by atoms with Crippen molar-refractivity contribution in [1.29, 1.82) is 0 Å². The first-order chi connectivity index (χ1) is 7.13. The Morgan fingerprint density at radius 1 is 1.47 bits per heavy atom. The summed E-state index contributed by atoms with van der Waals surface area (Å²) in [5, 5.41) is 1.02. The molecule has 0 atom stereocenters. The zero-order valence-corrected chi connectivity index (χ0v) is 9.68. The number of benzene rings is 1. The summed E-state index contributed by atoms with van der Waals surface area (Å²) in [6, 6.07) is 5.00. The van der Waals surface area contributed by atoms with Crippen LogP contribution in [0, 0.1) is 0 Å². The molecule has 0 radical (unpaired) electrons. The molecule has 1 aromatic carbocycles. The van der Waals surface area contributed by atoms with E-state index in [1.807, 2.05) is 0 Å². The molecule has 0 spiro atoms. The minimum absolute atomic E-state index is 0.333. The molecule has 0 bridgehead atoms. The van der Waals surface area contributed by atoms with Crippen LogP contribution < -0.4 is 4.74 Å². The highest BCUT2D eigenvalue weighted by Crippen LogP contribution is 2.27. The predicted octanol–water partition coefficient (Wildman–Crippen LogP) is 3.52. The van der Waals surface area contributed by atoms with Crippen LogP contribution in [-0.2, 0) is 4.79 Å². The first-order valence-electron chi connectivity index (χ1n) is 4.32. The van der Waals surface area contributed by atoms with Crippen LogP contribution in [-0.4, -0.2) is 12.9 Å². The molecule has 4 heteroatoms. The fraction of sp³-hybridized carbons (Fsp3) is 0.182. The van der Waals surface area contributed by atoms with Crippen molar-refractivity contribution in [3.63, 3.8) is 0 Å². The molecule has 0 fully saturated rings. The van der Waals surface area contributed by atoms with E-state index in [2.05, 4.69) is 0 Å². The third-order valence-corrected chi connectivity index (χ3v) is 2.23. The normalized spacial score (nSPS) is 11.3. The van der Waals surface area contributed by atoms with Crippen LogP contribution in [0.2, 0.25) is 10.0 Å². The Balaban J connectivity index is 2.65. The molecule has 2 nitrogen and oxygen atoms in total. The van der Waals surface area contributed by atoms with Crippen molar-refractivity contribution in [1.82, 2.24) is 0 Å². The van der Waals surface area contributed by atoms with Crippen molar-refractivity contribution in [2.24, 2.45) is 0 Å². The van der Waals surface area contributed by atoms with Gasteiger partial charge in [0, 0.05) is 5.02 Å². The number of allylic oxidation sites excluding steroid dienone is 1. The van der Waals surface area contributed by atoms with Gasteiger partial charge in [0.25, 0.3) is 0 Å². The average Bonchev–Trinajstić information content (AvgIpc) is 2.17. The largest absolute Gasteiger partial charge is 0.488 e. The number of hydrogen-bond acceptors (Lipinski definition) is 2. The molecule has 0 saturated heterocycles. The zero-order valence-electron chi connectivity index (χ0n) is 8.17. The Hall–Kier alpha value is -0.990. The van der Waals surface area contributed by atoms with Crippen LogP contribution in [0.5, 0.6) is 5.75 Å². The van der Waals surface area contributed by atoms with Crippen LogP contribution in [0.1, 0.15) is 6.92 Å².